The molecule has 25 heavy (non-hydrogen) atoms. The fourth-order valence-electron chi connectivity index (χ4n) is 2.28. The fourth-order valence-corrected chi connectivity index (χ4v) is 2.67. The van der Waals surface area contributed by atoms with Gasteiger partial charge in [-0.25, -0.2) is 0 Å². The maximum Gasteiger partial charge on any atom is 0.416 e. The van der Waals surface area contributed by atoms with Gasteiger partial charge in [-0.05, 0) is 36.4 Å². The highest BCUT2D eigenvalue weighted by molar-refractivity contribution is 6.33. The van der Waals surface area contributed by atoms with Gasteiger partial charge in [0.05, 0.1) is 22.7 Å². The van der Waals surface area contributed by atoms with Crippen LogP contribution in [0.5, 0.6) is 5.75 Å². The lowest BCUT2D eigenvalue weighted by molar-refractivity contribution is -0.137. The maximum atomic E-state index is 12.9. The summed E-state index contributed by atoms with van der Waals surface area (Å²) in [4.78, 5) is 0. The summed E-state index contributed by atoms with van der Waals surface area (Å²) < 4.78 is 43.9. The van der Waals surface area contributed by atoms with Crippen LogP contribution in [0.2, 0.25) is 10.0 Å². The van der Waals surface area contributed by atoms with Crippen molar-refractivity contribution < 1.29 is 23.0 Å². The molecule has 0 amide bonds. The maximum absolute atomic E-state index is 12.9. The number of halogens is 5. The lowest BCUT2D eigenvalue weighted by Gasteiger charge is -2.12. The number of benzene rings is 2. The van der Waals surface area contributed by atoms with Crippen molar-refractivity contribution in [2.24, 2.45) is 5.10 Å². The average molecular weight is 391 g/mol. The van der Waals surface area contributed by atoms with Gasteiger partial charge in [0.1, 0.15) is 5.75 Å². The Morgan fingerprint density at radius 2 is 1.92 bits per heavy atom. The molecule has 1 aliphatic rings. The molecule has 2 aromatic carbocycles. The van der Waals surface area contributed by atoms with E-state index in [2.05, 4.69) is 5.10 Å². The number of aromatic hydroxyl groups is 1. The molecule has 9 heteroatoms. The zero-order chi connectivity index (χ0) is 18.2. The van der Waals surface area contributed by atoms with Gasteiger partial charge >= 0.3 is 6.18 Å². The summed E-state index contributed by atoms with van der Waals surface area (Å²) in [5, 5.41) is 15.9. The Hall–Kier alpha value is -2.12. The normalized spacial score (nSPS) is 14.4. The van der Waals surface area contributed by atoms with Crippen molar-refractivity contribution in [1.29, 1.82) is 0 Å². The molecule has 0 aromatic heterocycles. The Kier molecular flexibility index (Phi) is 4.71. The quantitative estimate of drug-likeness (QED) is 0.812. The van der Waals surface area contributed by atoms with Crippen LogP contribution < -0.4 is 0 Å². The molecule has 1 N–H and O–H groups in total. The van der Waals surface area contributed by atoms with Gasteiger partial charge < -0.3 is 9.84 Å². The predicted molar refractivity (Wildman–Crippen MR) is 87.6 cm³/mol. The SMILES string of the molecule is Oc1ccc(Cl)cc1CN1COC(c2cc(C(F)(F)F)ccc2Cl)=N1. The van der Waals surface area contributed by atoms with E-state index < -0.39 is 11.7 Å². The molecule has 0 spiro atoms. The van der Waals surface area contributed by atoms with E-state index in [9.17, 15) is 18.3 Å². The average Bonchev–Trinajstić information content (AvgIpc) is 2.98. The molecule has 0 saturated heterocycles. The van der Waals surface area contributed by atoms with Crippen LogP contribution in [0.15, 0.2) is 41.5 Å². The van der Waals surface area contributed by atoms with Gasteiger partial charge in [0.2, 0.25) is 5.90 Å². The van der Waals surface area contributed by atoms with E-state index in [1.807, 2.05) is 0 Å². The van der Waals surface area contributed by atoms with Crippen LogP contribution in [-0.4, -0.2) is 22.7 Å². The second-order valence-electron chi connectivity index (χ2n) is 5.31. The minimum Gasteiger partial charge on any atom is -0.508 e. The van der Waals surface area contributed by atoms with E-state index >= 15 is 0 Å². The molecular weight excluding hydrogens is 380 g/mol. The molecule has 0 unspecified atom stereocenters. The second-order valence-corrected chi connectivity index (χ2v) is 6.15. The number of nitrogens with zero attached hydrogens (tertiary/aromatic N) is 2. The minimum absolute atomic E-state index is 0.00780. The van der Waals surface area contributed by atoms with Crippen LogP contribution in [0.4, 0.5) is 13.2 Å². The first-order valence-corrected chi connectivity index (χ1v) is 7.80. The van der Waals surface area contributed by atoms with Crippen molar-refractivity contribution >= 4 is 29.1 Å². The molecule has 1 heterocycles. The molecule has 0 radical (unpaired) electrons. The Morgan fingerprint density at radius 1 is 1.16 bits per heavy atom. The van der Waals surface area contributed by atoms with Crippen molar-refractivity contribution in [1.82, 2.24) is 5.01 Å². The number of phenolic OH excluding ortho intramolecular Hbond substituents is 1. The third-order valence-electron chi connectivity index (χ3n) is 3.50. The number of hydrazone groups is 1. The molecule has 4 nitrogen and oxygen atoms in total. The zero-order valence-electron chi connectivity index (χ0n) is 12.5. The van der Waals surface area contributed by atoms with Crippen molar-refractivity contribution in [3.63, 3.8) is 0 Å². The summed E-state index contributed by atoms with van der Waals surface area (Å²) in [6.07, 6.45) is -4.50. The van der Waals surface area contributed by atoms with Crippen molar-refractivity contribution in [2.75, 3.05) is 6.73 Å². The summed E-state index contributed by atoms with van der Waals surface area (Å²) in [7, 11) is 0. The highest BCUT2D eigenvalue weighted by Crippen LogP contribution is 2.33. The van der Waals surface area contributed by atoms with Gasteiger partial charge in [0.25, 0.3) is 0 Å². The van der Waals surface area contributed by atoms with Crippen molar-refractivity contribution in [3.05, 3.63) is 63.1 Å². The largest absolute Gasteiger partial charge is 0.508 e. The van der Waals surface area contributed by atoms with E-state index in [1.165, 1.54) is 17.1 Å². The van der Waals surface area contributed by atoms with Crippen LogP contribution in [-0.2, 0) is 17.5 Å². The summed E-state index contributed by atoms with van der Waals surface area (Å²) in [6, 6.07) is 7.49. The summed E-state index contributed by atoms with van der Waals surface area (Å²) in [6.45, 7) is 0.181. The lowest BCUT2D eigenvalue weighted by Crippen LogP contribution is -2.14. The van der Waals surface area contributed by atoms with Crippen LogP contribution in [0, 0.1) is 0 Å². The van der Waals surface area contributed by atoms with Gasteiger partial charge in [0.15, 0.2) is 6.73 Å². The first-order chi connectivity index (χ1) is 11.7. The Morgan fingerprint density at radius 3 is 2.64 bits per heavy atom. The van der Waals surface area contributed by atoms with Crippen LogP contribution in [0.25, 0.3) is 0 Å². The first-order valence-electron chi connectivity index (χ1n) is 7.05. The number of phenols is 1. The topological polar surface area (TPSA) is 45.1 Å². The third-order valence-corrected chi connectivity index (χ3v) is 4.07. The molecular formula is C16H11Cl2F3N2O2. The standard InChI is InChI=1S/C16H11Cl2F3N2O2/c17-11-2-4-14(24)9(5-11)7-23-8-25-15(22-23)12-6-10(16(19,20)21)1-3-13(12)18/h1-6,24H,7-8H2. The van der Waals surface area contributed by atoms with Gasteiger partial charge in [-0.3, -0.25) is 5.01 Å². The minimum atomic E-state index is -4.50. The molecule has 3 rings (SSSR count). The third kappa shape index (κ3) is 3.93. The van der Waals surface area contributed by atoms with Gasteiger partial charge in [-0.2, -0.15) is 13.2 Å². The first kappa shape index (κ1) is 17.7. The second kappa shape index (κ2) is 6.65. The summed E-state index contributed by atoms with van der Waals surface area (Å²) in [5.41, 5.74) is -0.283. The lowest BCUT2D eigenvalue weighted by atomic mass is 10.1. The Bertz CT molecular complexity index is 841. The summed E-state index contributed by atoms with van der Waals surface area (Å²) in [5.74, 6) is 0.0165. The predicted octanol–water partition coefficient (Wildman–Crippen LogP) is 4.87. The van der Waals surface area contributed by atoms with Gasteiger partial charge in [-0.15, -0.1) is 5.10 Å². The molecule has 0 aliphatic carbocycles. The van der Waals surface area contributed by atoms with Crippen LogP contribution in [0.3, 0.4) is 0 Å². The van der Waals surface area contributed by atoms with Crippen molar-refractivity contribution in [3.8, 4) is 5.75 Å². The van der Waals surface area contributed by atoms with E-state index in [0.29, 0.717) is 10.6 Å². The van der Waals surface area contributed by atoms with E-state index in [0.717, 1.165) is 18.2 Å². The highest BCUT2D eigenvalue weighted by Gasteiger charge is 2.32. The number of ether oxygens (including phenoxy) is 1. The Labute approximate surface area is 151 Å². The number of hydrogen-bond acceptors (Lipinski definition) is 4. The van der Waals surface area contributed by atoms with Gasteiger partial charge in [-0.1, -0.05) is 23.2 Å². The molecule has 2 aromatic rings. The number of alkyl halides is 3. The molecule has 0 bridgehead atoms. The van der Waals surface area contributed by atoms with Crippen LogP contribution >= 0.6 is 23.2 Å². The molecule has 0 atom stereocenters. The zero-order valence-corrected chi connectivity index (χ0v) is 14.0. The van der Waals surface area contributed by atoms with E-state index in [4.69, 9.17) is 27.9 Å². The molecule has 1 aliphatic heterocycles. The molecule has 132 valence electrons. The smallest absolute Gasteiger partial charge is 0.416 e. The fraction of sp³-hybridized carbons (Fsp3) is 0.188. The highest BCUT2D eigenvalue weighted by atomic mass is 35.5. The van der Waals surface area contributed by atoms with Crippen LogP contribution in [0.1, 0.15) is 16.7 Å². The van der Waals surface area contributed by atoms with Crippen molar-refractivity contribution in [2.45, 2.75) is 12.7 Å². The number of hydrogen-bond donors (Lipinski definition) is 1. The van der Waals surface area contributed by atoms with E-state index in [1.54, 1.807) is 6.07 Å². The number of rotatable bonds is 3. The monoisotopic (exact) mass is 390 g/mol. The Balaban J connectivity index is 1.85. The van der Waals surface area contributed by atoms with Gasteiger partial charge in [0, 0.05) is 10.6 Å². The molecule has 0 saturated carbocycles. The van der Waals surface area contributed by atoms with E-state index in [-0.39, 0.29) is 35.5 Å². The summed E-state index contributed by atoms with van der Waals surface area (Å²) >= 11 is 11.9. The molecule has 0 fully saturated rings.